The minimum atomic E-state index is -2.96. The number of nitrogens with two attached hydrogens (primary N) is 1. The van der Waals surface area contributed by atoms with Crippen molar-refractivity contribution >= 4 is 5.97 Å². The van der Waals surface area contributed by atoms with Crippen LogP contribution in [-0.2, 0) is 6.54 Å². The average Bonchev–Trinajstić information content (AvgIpc) is 2.17. The molecule has 7 heteroatoms. The maximum Gasteiger partial charge on any atom is 0.357 e. The van der Waals surface area contributed by atoms with Crippen LogP contribution in [0.25, 0.3) is 0 Å². The van der Waals surface area contributed by atoms with E-state index in [4.69, 9.17) is 10.8 Å². The van der Waals surface area contributed by atoms with Gasteiger partial charge >= 0.3 is 5.97 Å². The minimum absolute atomic E-state index is 0.294. The second kappa shape index (κ2) is 4.26. The maximum absolute atomic E-state index is 13.2. The Morgan fingerprint density at radius 1 is 1.60 bits per heavy atom. The topological polar surface area (TPSA) is 76.2 Å². The first-order valence-corrected chi connectivity index (χ1v) is 3.88. The van der Waals surface area contributed by atoms with Crippen molar-refractivity contribution in [1.82, 2.24) is 4.98 Å². The number of halogens is 3. The Hall–Kier alpha value is -1.63. The number of pyridine rings is 1. The molecule has 15 heavy (non-hydrogen) atoms. The molecule has 0 aromatic carbocycles. The number of carboxylic acid groups (broad SMARTS) is 1. The summed E-state index contributed by atoms with van der Waals surface area (Å²) in [6, 6.07) is 0.756. The smallest absolute Gasteiger partial charge is 0.357 e. The molecule has 1 aromatic heterocycles. The van der Waals surface area contributed by atoms with Gasteiger partial charge in [-0.3, -0.25) is 0 Å². The second-order valence-electron chi connectivity index (χ2n) is 2.68. The van der Waals surface area contributed by atoms with E-state index in [1.165, 1.54) is 0 Å². The van der Waals surface area contributed by atoms with E-state index in [1.807, 2.05) is 0 Å². The molecule has 1 heterocycles. The molecule has 0 atom stereocenters. The summed E-state index contributed by atoms with van der Waals surface area (Å²) in [5.41, 5.74) is 2.96. The molecule has 0 bridgehead atoms. The van der Waals surface area contributed by atoms with Crippen LogP contribution in [0.5, 0.6) is 0 Å². The molecule has 0 aliphatic heterocycles. The van der Waals surface area contributed by atoms with Crippen LogP contribution < -0.4 is 5.73 Å². The van der Waals surface area contributed by atoms with Crippen LogP contribution in [0.1, 0.15) is 28.2 Å². The molecule has 1 rings (SSSR count). The van der Waals surface area contributed by atoms with Crippen LogP contribution in [0.15, 0.2) is 6.07 Å². The quantitative estimate of drug-likeness (QED) is 0.805. The predicted molar refractivity (Wildman–Crippen MR) is 44.0 cm³/mol. The third-order valence-electron chi connectivity index (χ3n) is 1.70. The molecule has 1 aromatic rings. The standard InChI is InChI=1S/C8H7F3N2O2/c9-5-3(2-12)1-4(7(10)11)13-6(5)8(14)15/h1,7H,2,12H2,(H,14,15). The van der Waals surface area contributed by atoms with Gasteiger partial charge in [-0.15, -0.1) is 0 Å². The first-order chi connectivity index (χ1) is 6.97. The predicted octanol–water partition coefficient (Wildman–Crippen LogP) is 1.32. The maximum atomic E-state index is 13.2. The normalized spacial score (nSPS) is 10.7. The largest absolute Gasteiger partial charge is 0.476 e. The Morgan fingerprint density at radius 2 is 2.20 bits per heavy atom. The van der Waals surface area contributed by atoms with E-state index >= 15 is 0 Å². The molecular weight excluding hydrogens is 213 g/mol. The Bertz CT molecular complexity index is 396. The lowest BCUT2D eigenvalue weighted by Crippen LogP contribution is -2.12. The highest BCUT2D eigenvalue weighted by Crippen LogP contribution is 2.21. The van der Waals surface area contributed by atoms with E-state index in [0.29, 0.717) is 0 Å². The molecule has 3 N–H and O–H groups in total. The zero-order valence-corrected chi connectivity index (χ0v) is 7.38. The number of hydrogen-bond acceptors (Lipinski definition) is 3. The fourth-order valence-corrected chi connectivity index (χ4v) is 1.01. The van der Waals surface area contributed by atoms with Crippen molar-refractivity contribution in [3.05, 3.63) is 28.8 Å². The van der Waals surface area contributed by atoms with Crippen LogP contribution in [0.3, 0.4) is 0 Å². The number of alkyl halides is 2. The molecule has 0 spiro atoms. The summed E-state index contributed by atoms with van der Waals surface area (Å²) in [5.74, 6) is -2.88. The number of hydrogen-bond donors (Lipinski definition) is 2. The first kappa shape index (κ1) is 11.4. The Balaban J connectivity index is 3.38. The molecule has 82 valence electrons. The first-order valence-electron chi connectivity index (χ1n) is 3.88. The van der Waals surface area contributed by atoms with Gasteiger partial charge in [0.2, 0.25) is 0 Å². The van der Waals surface area contributed by atoms with E-state index in [-0.39, 0.29) is 12.1 Å². The monoisotopic (exact) mass is 220 g/mol. The molecule has 0 saturated heterocycles. The summed E-state index contributed by atoms with van der Waals surface area (Å²) in [6.45, 7) is -0.367. The number of carboxylic acids is 1. The number of aromatic carboxylic acids is 1. The highest BCUT2D eigenvalue weighted by atomic mass is 19.3. The second-order valence-corrected chi connectivity index (χ2v) is 2.68. The fourth-order valence-electron chi connectivity index (χ4n) is 1.01. The van der Waals surface area contributed by atoms with Crippen LogP contribution in [0, 0.1) is 5.82 Å². The zero-order valence-electron chi connectivity index (χ0n) is 7.38. The summed E-state index contributed by atoms with van der Waals surface area (Å²) in [5, 5.41) is 8.50. The van der Waals surface area contributed by atoms with Crippen molar-refractivity contribution < 1.29 is 23.1 Å². The lowest BCUT2D eigenvalue weighted by atomic mass is 10.1. The van der Waals surface area contributed by atoms with Crippen LogP contribution >= 0.6 is 0 Å². The van der Waals surface area contributed by atoms with Gasteiger partial charge in [-0.2, -0.15) is 0 Å². The Kier molecular flexibility index (Phi) is 3.25. The van der Waals surface area contributed by atoms with Gasteiger partial charge in [-0.05, 0) is 6.07 Å². The van der Waals surface area contributed by atoms with Crippen molar-refractivity contribution in [2.24, 2.45) is 5.73 Å². The van der Waals surface area contributed by atoms with Gasteiger partial charge in [-0.25, -0.2) is 22.9 Å². The third kappa shape index (κ3) is 2.24. The van der Waals surface area contributed by atoms with E-state index in [9.17, 15) is 18.0 Å². The molecule has 0 aliphatic carbocycles. The molecule has 0 radical (unpaired) electrons. The minimum Gasteiger partial charge on any atom is -0.476 e. The summed E-state index contributed by atoms with van der Waals surface area (Å²) in [6.07, 6.45) is -2.96. The average molecular weight is 220 g/mol. The van der Waals surface area contributed by atoms with Crippen LogP contribution in [0.2, 0.25) is 0 Å². The molecule has 4 nitrogen and oxygen atoms in total. The van der Waals surface area contributed by atoms with E-state index in [2.05, 4.69) is 4.98 Å². The van der Waals surface area contributed by atoms with Gasteiger partial charge in [0.15, 0.2) is 11.5 Å². The molecule has 0 fully saturated rings. The number of rotatable bonds is 3. The third-order valence-corrected chi connectivity index (χ3v) is 1.70. The Labute approximate surface area is 82.5 Å². The summed E-state index contributed by atoms with van der Waals surface area (Å²) in [4.78, 5) is 13.5. The summed E-state index contributed by atoms with van der Waals surface area (Å²) < 4.78 is 37.7. The van der Waals surface area contributed by atoms with Gasteiger partial charge in [-0.1, -0.05) is 0 Å². The van der Waals surface area contributed by atoms with E-state index in [1.54, 1.807) is 0 Å². The van der Waals surface area contributed by atoms with Gasteiger partial charge in [0.05, 0.1) is 0 Å². The van der Waals surface area contributed by atoms with Crippen molar-refractivity contribution in [1.29, 1.82) is 0 Å². The van der Waals surface area contributed by atoms with Crippen LogP contribution in [-0.4, -0.2) is 16.1 Å². The number of carbonyl (C=O) groups is 1. The highest BCUT2D eigenvalue weighted by molar-refractivity contribution is 5.85. The summed E-state index contributed by atoms with van der Waals surface area (Å²) in [7, 11) is 0. The van der Waals surface area contributed by atoms with E-state index < -0.39 is 29.6 Å². The number of aromatic nitrogens is 1. The molecule has 0 amide bonds. The molecule has 0 saturated carbocycles. The van der Waals surface area contributed by atoms with Gasteiger partial charge < -0.3 is 10.8 Å². The SMILES string of the molecule is NCc1cc(C(F)F)nc(C(=O)O)c1F. The lowest BCUT2D eigenvalue weighted by Gasteiger charge is -2.06. The fraction of sp³-hybridized carbons (Fsp3) is 0.250. The van der Waals surface area contributed by atoms with E-state index in [0.717, 1.165) is 6.07 Å². The van der Waals surface area contributed by atoms with Crippen molar-refractivity contribution in [2.45, 2.75) is 13.0 Å². The molecule has 0 unspecified atom stereocenters. The Morgan fingerprint density at radius 3 is 2.60 bits per heavy atom. The zero-order chi connectivity index (χ0) is 11.6. The van der Waals surface area contributed by atoms with Gasteiger partial charge in [0.1, 0.15) is 5.69 Å². The lowest BCUT2D eigenvalue weighted by molar-refractivity contribution is 0.0682. The molecular formula is C8H7F3N2O2. The van der Waals surface area contributed by atoms with Crippen molar-refractivity contribution in [3.8, 4) is 0 Å². The summed E-state index contributed by atoms with van der Waals surface area (Å²) >= 11 is 0. The molecule has 0 aliphatic rings. The van der Waals surface area contributed by atoms with Crippen LogP contribution in [0.4, 0.5) is 13.2 Å². The van der Waals surface area contributed by atoms with Gasteiger partial charge in [0.25, 0.3) is 6.43 Å². The van der Waals surface area contributed by atoms with Gasteiger partial charge in [0, 0.05) is 12.1 Å². The number of nitrogens with zero attached hydrogens (tertiary/aromatic N) is 1. The van der Waals surface area contributed by atoms with Crippen molar-refractivity contribution in [2.75, 3.05) is 0 Å². The highest BCUT2D eigenvalue weighted by Gasteiger charge is 2.20. The van der Waals surface area contributed by atoms with Crippen molar-refractivity contribution in [3.63, 3.8) is 0 Å².